The van der Waals surface area contributed by atoms with Gasteiger partial charge in [-0.15, -0.1) is 0 Å². The summed E-state index contributed by atoms with van der Waals surface area (Å²) in [6, 6.07) is 2.18. The number of nitrogens with zero attached hydrogens (tertiary/aromatic N) is 1. The van der Waals surface area contributed by atoms with Crippen molar-refractivity contribution in [3.05, 3.63) is 0 Å². The van der Waals surface area contributed by atoms with Crippen LogP contribution in [0.4, 0.5) is 0 Å². The van der Waals surface area contributed by atoms with Gasteiger partial charge in [-0.2, -0.15) is 11.8 Å². The second-order valence-electron chi connectivity index (χ2n) is 6.94. The number of hydrogen-bond acceptors (Lipinski definition) is 3. The zero-order valence-electron chi connectivity index (χ0n) is 12.5. The second kappa shape index (κ2) is 6.15. The summed E-state index contributed by atoms with van der Waals surface area (Å²) >= 11 is 2.13. The first-order valence-corrected chi connectivity index (χ1v) is 8.72. The largest absolute Gasteiger partial charge is 0.310 e. The molecule has 2 rings (SSSR count). The fourth-order valence-corrected chi connectivity index (χ4v) is 4.70. The van der Waals surface area contributed by atoms with E-state index in [0.717, 1.165) is 6.04 Å². The highest BCUT2D eigenvalue weighted by Crippen LogP contribution is 2.34. The lowest BCUT2D eigenvalue weighted by molar-refractivity contribution is 0.140. The van der Waals surface area contributed by atoms with Crippen molar-refractivity contribution < 1.29 is 0 Å². The van der Waals surface area contributed by atoms with E-state index in [2.05, 4.69) is 49.7 Å². The van der Waals surface area contributed by atoms with Gasteiger partial charge in [-0.1, -0.05) is 13.8 Å². The molecule has 1 N–H and O–H groups in total. The maximum Gasteiger partial charge on any atom is 0.0212 e. The molecule has 1 unspecified atom stereocenters. The molecule has 2 heterocycles. The van der Waals surface area contributed by atoms with Gasteiger partial charge in [0.25, 0.3) is 0 Å². The van der Waals surface area contributed by atoms with Crippen LogP contribution in [0.15, 0.2) is 0 Å². The van der Waals surface area contributed by atoms with Gasteiger partial charge in [-0.05, 0) is 57.4 Å². The van der Waals surface area contributed by atoms with Crippen LogP contribution in [0.2, 0.25) is 0 Å². The van der Waals surface area contributed by atoms with E-state index in [1.54, 1.807) is 0 Å². The maximum absolute atomic E-state index is 3.96. The molecule has 2 fully saturated rings. The molecule has 0 aromatic carbocycles. The lowest BCUT2D eigenvalue weighted by Gasteiger charge is -2.43. The molecular weight excluding hydrogens is 240 g/mol. The van der Waals surface area contributed by atoms with Crippen LogP contribution in [0.5, 0.6) is 0 Å². The average molecular weight is 270 g/mol. The van der Waals surface area contributed by atoms with Crippen LogP contribution in [0, 0.1) is 5.41 Å². The molecule has 0 radical (unpaired) electrons. The van der Waals surface area contributed by atoms with Crippen molar-refractivity contribution in [1.29, 1.82) is 0 Å². The minimum Gasteiger partial charge on any atom is -0.310 e. The van der Waals surface area contributed by atoms with Crippen LogP contribution in [-0.2, 0) is 0 Å². The predicted molar refractivity (Wildman–Crippen MR) is 82.4 cm³/mol. The highest BCUT2D eigenvalue weighted by atomic mass is 32.2. The van der Waals surface area contributed by atoms with Gasteiger partial charge in [0.05, 0.1) is 0 Å². The first-order valence-electron chi connectivity index (χ1n) is 7.57. The third-order valence-electron chi connectivity index (χ3n) is 4.82. The van der Waals surface area contributed by atoms with E-state index in [0.29, 0.717) is 17.5 Å². The topological polar surface area (TPSA) is 15.3 Å². The fourth-order valence-electron chi connectivity index (χ4n) is 3.08. The summed E-state index contributed by atoms with van der Waals surface area (Å²) in [5, 5.41) is 3.96. The van der Waals surface area contributed by atoms with E-state index in [-0.39, 0.29) is 0 Å². The van der Waals surface area contributed by atoms with Crippen LogP contribution in [-0.4, -0.2) is 47.6 Å². The van der Waals surface area contributed by atoms with Gasteiger partial charge in [0, 0.05) is 23.9 Å². The van der Waals surface area contributed by atoms with Gasteiger partial charge in [0.1, 0.15) is 0 Å². The third kappa shape index (κ3) is 3.64. The Labute approximate surface area is 117 Å². The Balaban J connectivity index is 1.80. The molecule has 0 aromatic heterocycles. The molecule has 106 valence electrons. The Morgan fingerprint density at radius 1 is 1.22 bits per heavy atom. The Hall–Kier alpha value is 0.270. The first-order chi connectivity index (χ1) is 8.49. The molecule has 0 aliphatic carbocycles. The summed E-state index contributed by atoms with van der Waals surface area (Å²) in [6.07, 6.45) is 4.02. The summed E-state index contributed by atoms with van der Waals surface area (Å²) in [5.41, 5.74) is 0.487. The number of piperidine rings is 1. The number of nitrogens with one attached hydrogen (secondary N) is 1. The molecule has 0 bridgehead atoms. The molecule has 18 heavy (non-hydrogen) atoms. The molecule has 0 amide bonds. The van der Waals surface area contributed by atoms with E-state index < -0.39 is 0 Å². The van der Waals surface area contributed by atoms with Crippen LogP contribution >= 0.6 is 11.8 Å². The number of rotatable bonds is 3. The van der Waals surface area contributed by atoms with Crippen molar-refractivity contribution in [2.24, 2.45) is 5.41 Å². The Kier molecular flexibility index (Phi) is 5.01. The van der Waals surface area contributed by atoms with Gasteiger partial charge in [-0.25, -0.2) is 0 Å². The summed E-state index contributed by atoms with van der Waals surface area (Å²) < 4.78 is 0. The van der Waals surface area contributed by atoms with Crippen LogP contribution in [0.1, 0.15) is 47.0 Å². The van der Waals surface area contributed by atoms with Crippen molar-refractivity contribution >= 4 is 11.8 Å². The van der Waals surface area contributed by atoms with E-state index >= 15 is 0 Å². The van der Waals surface area contributed by atoms with Gasteiger partial charge >= 0.3 is 0 Å². The lowest BCUT2D eigenvalue weighted by atomic mass is 9.81. The third-order valence-corrected chi connectivity index (χ3v) is 5.88. The molecule has 0 saturated carbocycles. The molecule has 2 nitrogen and oxygen atoms in total. The fraction of sp³-hybridized carbons (Fsp3) is 1.00. The first kappa shape index (κ1) is 14.7. The molecule has 0 spiro atoms. The van der Waals surface area contributed by atoms with Crippen LogP contribution < -0.4 is 5.32 Å². The Morgan fingerprint density at radius 3 is 2.44 bits per heavy atom. The maximum atomic E-state index is 3.96. The highest BCUT2D eigenvalue weighted by molar-refractivity contribution is 7.99. The number of thioether (sulfide) groups is 1. The van der Waals surface area contributed by atoms with Gasteiger partial charge in [0.15, 0.2) is 0 Å². The van der Waals surface area contributed by atoms with Crippen LogP contribution in [0.25, 0.3) is 0 Å². The average Bonchev–Trinajstić information content (AvgIpc) is 2.32. The van der Waals surface area contributed by atoms with E-state index in [1.807, 2.05) is 0 Å². The van der Waals surface area contributed by atoms with E-state index in [1.165, 1.54) is 43.9 Å². The van der Waals surface area contributed by atoms with E-state index in [9.17, 15) is 0 Å². The van der Waals surface area contributed by atoms with Crippen molar-refractivity contribution in [3.8, 4) is 0 Å². The van der Waals surface area contributed by atoms with E-state index in [4.69, 9.17) is 0 Å². The molecule has 2 aliphatic rings. The molecule has 1 atom stereocenters. The Bertz CT molecular complexity index is 257. The van der Waals surface area contributed by atoms with Crippen molar-refractivity contribution in [1.82, 2.24) is 10.2 Å². The molecular formula is C15H30N2S. The van der Waals surface area contributed by atoms with Gasteiger partial charge in [0.2, 0.25) is 0 Å². The number of hydrogen-bond donors (Lipinski definition) is 1. The van der Waals surface area contributed by atoms with Crippen molar-refractivity contribution in [3.63, 3.8) is 0 Å². The quantitative estimate of drug-likeness (QED) is 0.849. The zero-order valence-corrected chi connectivity index (χ0v) is 13.4. The molecule has 3 heteroatoms. The highest BCUT2D eigenvalue weighted by Gasteiger charge is 2.34. The molecule has 0 aromatic rings. The summed E-state index contributed by atoms with van der Waals surface area (Å²) in [4.78, 5) is 2.61. The molecule has 2 saturated heterocycles. The van der Waals surface area contributed by atoms with Gasteiger partial charge < -0.3 is 10.2 Å². The minimum atomic E-state index is 0.487. The van der Waals surface area contributed by atoms with Crippen LogP contribution in [0.3, 0.4) is 0 Å². The summed E-state index contributed by atoms with van der Waals surface area (Å²) in [7, 11) is 0. The predicted octanol–water partition coefficient (Wildman–Crippen LogP) is 2.98. The summed E-state index contributed by atoms with van der Waals surface area (Å²) in [5.74, 6) is 2.65. The Morgan fingerprint density at radius 2 is 1.89 bits per heavy atom. The van der Waals surface area contributed by atoms with Gasteiger partial charge in [-0.3, -0.25) is 0 Å². The SMILES string of the molecule is CC(C)N1CCC(NC2CSCCC2(C)C)CC1. The standard InChI is InChI=1S/C15H30N2S/c1-12(2)17-8-5-13(6-9-17)16-14-11-18-10-7-15(14,3)4/h12-14,16H,5-11H2,1-4H3. The molecule has 2 aliphatic heterocycles. The van der Waals surface area contributed by atoms with Crippen molar-refractivity contribution in [2.75, 3.05) is 24.6 Å². The lowest BCUT2D eigenvalue weighted by Crippen LogP contribution is -2.54. The second-order valence-corrected chi connectivity index (χ2v) is 8.09. The summed E-state index contributed by atoms with van der Waals surface area (Å²) in [6.45, 7) is 12.1. The zero-order chi connectivity index (χ0) is 13.2. The monoisotopic (exact) mass is 270 g/mol. The van der Waals surface area contributed by atoms with Crippen molar-refractivity contribution in [2.45, 2.75) is 65.1 Å². The smallest absolute Gasteiger partial charge is 0.0212 e. The normalized spacial score (nSPS) is 30.8. The number of likely N-dealkylation sites (tertiary alicyclic amines) is 1. The minimum absolute atomic E-state index is 0.487.